The molecule has 1 aromatic heterocycles. The van der Waals surface area contributed by atoms with Gasteiger partial charge in [0.25, 0.3) is 0 Å². The lowest BCUT2D eigenvalue weighted by molar-refractivity contribution is -0.135. The first-order valence-electron chi connectivity index (χ1n) is 5.31. The quantitative estimate of drug-likeness (QED) is 0.816. The molecule has 1 atom stereocenters. The van der Waals surface area contributed by atoms with E-state index in [2.05, 4.69) is 26.2 Å². The third-order valence-corrected chi connectivity index (χ3v) is 2.71. The highest BCUT2D eigenvalue weighted by molar-refractivity contribution is 9.10. The molecule has 0 saturated carbocycles. The minimum absolute atomic E-state index is 0.000301. The normalized spacial score (nSPS) is 13.5. The van der Waals surface area contributed by atoms with Gasteiger partial charge in [0, 0.05) is 12.5 Å². The van der Waals surface area contributed by atoms with E-state index in [9.17, 15) is 13.2 Å². The molecule has 0 aliphatic rings. The fraction of sp³-hybridized carbons (Fsp3) is 0.545. The van der Waals surface area contributed by atoms with Gasteiger partial charge in [-0.15, -0.1) is 0 Å². The van der Waals surface area contributed by atoms with Crippen LogP contribution in [0.4, 0.5) is 18.9 Å². The molecule has 0 aliphatic heterocycles. The Hall–Kier alpha value is -0.780. The first-order valence-corrected chi connectivity index (χ1v) is 6.11. The first kappa shape index (κ1) is 14.3. The lowest BCUT2D eigenvalue weighted by Crippen LogP contribution is -2.16. The average Bonchev–Trinajstić information content (AvgIpc) is 2.19. The van der Waals surface area contributed by atoms with Gasteiger partial charge in [-0.3, -0.25) is 0 Å². The Morgan fingerprint density at radius 2 is 2.12 bits per heavy atom. The van der Waals surface area contributed by atoms with Crippen molar-refractivity contribution >= 4 is 21.6 Å². The molecule has 2 nitrogen and oxygen atoms in total. The van der Waals surface area contributed by atoms with Crippen LogP contribution in [-0.4, -0.2) is 17.2 Å². The predicted octanol–water partition coefficient (Wildman–Crippen LogP) is 4.38. The highest BCUT2D eigenvalue weighted by Gasteiger charge is 2.26. The predicted molar refractivity (Wildman–Crippen MR) is 64.9 cm³/mol. The third kappa shape index (κ3) is 6.51. The zero-order valence-electron chi connectivity index (χ0n) is 9.39. The molecule has 6 heteroatoms. The van der Waals surface area contributed by atoms with E-state index in [-0.39, 0.29) is 12.5 Å². The molecule has 1 N–H and O–H groups in total. The summed E-state index contributed by atoms with van der Waals surface area (Å²) in [5.74, 6) is 0. The molecule has 1 heterocycles. The number of hydrogen-bond acceptors (Lipinski definition) is 2. The number of anilines is 1. The van der Waals surface area contributed by atoms with Gasteiger partial charge < -0.3 is 5.32 Å². The first-order chi connectivity index (χ1) is 7.87. The van der Waals surface area contributed by atoms with Crippen molar-refractivity contribution < 1.29 is 13.2 Å². The van der Waals surface area contributed by atoms with Crippen molar-refractivity contribution in [2.24, 2.45) is 0 Å². The number of alkyl halides is 3. The molecule has 1 unspecified atom stereocenters. The summed E-state index contributed by atoms with van der Waals surface area (Å²) < 4.78 is 36.6. The zero-order chi connectivity index (χ0) is 12.9. The third-order valence-electron chi connectivity index (χ3n) is 2.24. The van der Waals surface area contributed by atoms with Crippen molar-refractivity contribution in [2.75, 3.05) is 5.32 Å². The van der Waals surface area contributed by atoms with Crippen LogP contribution in [0.1, 0.15) is 26.2 Å². The largest absolute Gasteiger partial charge is 0.389 e. The minimum atomic E-state index is -4.06. The van der Waals surface area contributed by atoms with E-state index in [0.717, 1.165) is 10.3 Å². The highest BCUT2D eigenvalue weighted by Crippen LogP contribution is 2.23. The molecule has 96 valence electrons. The second-order valence-electron chi connectivity index (χ2n) is 3.92. The highest BCUT2D eigenvalue weighted by atomic mass is 79.9. The summed E-state index contributed by atoms with van der Waals surface area (Å²) in [6.45, 7) is 1.86. The molecule has 1 aromatic rings. The number of nitrogens with zero attached hydrogens (tertiary/aromatic N) is 1. The smallest absolute Gasteiger partial charge is 0.381 e. The maximum absolute atomic E-state index is 11.9. The summed E-state index contributed by atoms with van der Waals surface area (Å²) in [6.07, 6.45) is -2.52. The van der Waals surface area contributed by atoms with Gasteiger partial charge >= 0.3 is 6.18 Å². The van der Waals surface area contributed by atoms with Gasteiger partial charge in [0.2, 0.25) is 0 Å². The topological polar surface area (TPSA) is 24.9 Å². The van der Waals surface area contributed by atoms with Crippen molar-refractivity contribution in [1.82, 2.24) is 4.98 Å². The maximum atomic E-state index is 11.9. The van der Waals surface area contributed by atoms with Gasteiger partial charge in [0.15, 0.2) is 0 Å². The minimum Gasteiger partial charge on any atom is -0.381 e. The molecule has 0 amide bonds. The molecule has 17 heavy (non-hydrogen) atoms. The van der Waals surface area contributed by atoms with Crippen LogP contribution in [0.5, 0.6) is 0 Å². The Morgan fingerprint density at radius 3 is 2.65 bits per heavy atom. The standard InChI is InChI=1S/C11H14BrF3N2/c1-8(3-2-6-11(13,14)15)17-9-4-5-10(12)16-7-9/h4-5,7-8,17H,2-3,6H2,1H3. The number of hydrogen-bond donors (Lipinski definition) is 1. The molecule has 0 aliphatic carbocycles. The van der Waals surface area contributed by atoms with Gasteiger partial charge in [-0.2, -0.15) is 13.2 Å². The van der Waals surface area contributed by atoms with E-state index in [1.165, 1.54) is 0 Å². The van der Waals surface area contributed by atoms with E-state index in [1.54, 1.807) is 12.3 Å². The van der Waals surface area contributed by atoms with Crippen LogP contribution < -0.4 is 5.32 Å². The number of halogens is 4. The van der Waals surface area contributed by atoms with Crippen LogP contribution in [0.15, 0.2) is 22.9 Å². The van der Waals surface area contributed by atoms with Crippen molar-refractivity contribution in [3.8, 4) is 0 Å². The molecule has 0 radical (unpaired) electrons. The second-order valence-corrected chi connectivity index (χ2v) is 4.73. The number of rotatable bonds is 5. The molecular formula is C11H14BrF3N2. The van der Waals surface area contributed by atoms with E-state index in [1.807, 2.05) is 13.0 Å². The summed E-state index contributed by atoms with van der Waals surface area (Å²) in [4.78, 5) is 4.03. The molecule has 0 bridgehead atoms. The summed E-state index contributed by atoms with van der Waals surface area (Å²) in [5, 5.41) is 3.10. The van der Waals surface area contributed by atoms with E-state index >= 15 is 0 Å². The number of pyridine rings is 1. The lowest BCUT2D eigenvalue weighted by Gasteiger charge is -2.15. The molecule has 0 aromatic carbocycles. The lowest BCUT2D eigenvalue weighted by atomic mass is 10.1. The maximum Gasteiger partial charge on any atom is 0.389 e. The summed E-state index contributed by atoms with van der Waals surface area (Å²) in [7, 11) is 0. The van der Waals surface area contributed by atoms with Crippen molar-refractivity contribution in [3.05, 3.63) is 22.9 Å². The molecule has 0 fully saturated rings. The fourth-order valence-corrected chi connectivity index (χ4v) is 1.66. The van der Waals surface area contributed by atoms with Gasteiger partial charge in [-0.05, 0) is 47.8 Å². The Balaban J connectivity index is 2.30. The van der Waals surface area contributed by atoms with Gasteiger partial charge in [0.1, 0.15) is 4.60 Å². The Morgan fingerprint density at radius 1 is 1.41 bits per heavy atom. The molecule has 1 rings (SSSR count). The Labute approximate surface area is 107 Å². The van der Waals surface area contributed by atoms with Crippen LogP contribution >= 0.6 is 15.9 Å². The molecule has 0 saturated heterocycles. The molecule has 0 spiro atoms. The second kappa shape index (κ2) is 6.23. The van der Waals surface area contributed by atoms with Crippen LogP contribution in [0.25, 0.3) is 0 Å². The van der Waals surface area contributed by atoms with Gasteiger partial charge in [-0.1, -0.05) is 0 Å². The van der Waals surface area contributed by atoms with Gasteiger partial charge in [0.05, 0.1) is 11.9 Å². The van der Waals surface area contributed by atoms with Crippen LogP contribution in [-0.2, 0) is 0 Å². The number of aromatic nitrogens is 1. The van der Waals surface area contributed by atoms with Crippen molar-refractivity contribution in [3.63, 3.8) is 0 Å². The summed E-state index contributed by atoms with van der Waals surface area (Å²) >= 11 is 3.21. The van der Waals surface area contributed by atoms with Gasteiger partial charge in [-0.25, -0.2) is 4.98 Å². The molecular weight excluding hydrogens is 297 g/mol. The zero-order valence-corrected chi connectivity index (χ0v) is 11.0. The van der Waals surface area contributed by atoms with Crippen molar-refractivity contribution in [2.45, 2.75) is 38.4 Å². The van der Waals surface area contributed by atoms with Crippen LogP contribution in [0.2, 0.25) is 0 Å². The fourth-order valence-electron chi connectivity index (χ4n) is 1.43. The Kier molecular flexibility index (Phi) is 5.24. The Bertz CT molecular complexity index is 338. The monoisotopic (exact) mass is 310 g/mol. The van der Waals surface area contributed by atoms with E-state index in [4.69, 9.17) is 0 Å². The van der Waals surface area contributed by atoms with E-state index < -0.39 is 12.6 Å². The van der Waals surface area contributed by atoms with Crippen molar-refractivity contribution in [1.29, 1.82) is 0 Å². The summed E-state index contributed by atoms with van der Waals surface area (Å²) in [5.41, 5.74) is 0.813. The summed E-state index contributed by atoms with van der Waals surface area (Å²) in [6, 6.07) is 3.61. The van der Waals surface area contributed by atoms with Crippen LogP contribution in [0.3, 0.4) is 0 Å². The van der Waals surface area contributed by atoms with E-state index in [0.29, 0.717) is 6.42 Å². The average molecular weight is 311 g/mol. The SMILES string of the molecule is CC(CCCC(F)(F)F)Nc1ccc(Br)nc1. The van der Waals surface area contributed by atoms with Crippen LogP contribution in [0, 0.1) is 0 Å². The number of nitrogens with one attached hydrogen (secondary N) is 1.